The summed E-state index contributed by atoms with van der Waals surface area (Å²) in [4.78, 5) is 12.2. The molecule has 0 N–H and O–H groups in total. The molecule has 2 nitrogen and oxygen atoms in total. The molecule has 0 bridgehead atoms. The molecular weight excluding hydrogens is 344 g/mol. The van der Waals surface area contributed by atoms with Gasteiger partial charge in [0.15, 0.2) is 0 Å². The maximum Gasteiger partial charge on any atom is 0.306 e. The van der Waals surface area contributed by atoms with Crippen molar-refractivity contribution in [1.82, 2.24) is 0 Å². The van der Waals surface area contributed by atoms with Crippen LogP contribution in [0.1, 0.15) is 106 Å². The lowest BCUT2D eigenvalue weighted by Crippen LogP contribution is -2.16. The standard InChI is InChI=1S/C26H44O2/c1-8-9-10-17-26(27)28-25(20-24(7)16-12-14-22(4)5)19-18-23(6)15-11-13-21(2)3/h13-14,18,20,25H,8-12,15-17,19H2,1-7H3/b23-18+,24-20+. The second kappa shape index (κ2) is 16.4. The lowest BCUT2D eigenvalue weighted by Gasteiger charge is -2.15. The Morgan fingerprint density at radius 1 is 0.786 bits per heavy atom. The first-order valence-corrected chi connectivity index (χ1v) is 11.0. The van der Waals surface area contributed by atoms with Gasteiger partial charge in [-0.3, -0.25) is 4.79 Å². The van der Waals surface area contributed by atoms with Gasteiger partial charge in [0.1, 0.15) is 6.10 Å². The Hall–Kier alpha value is -1.57. The summed E-state index contributed by atoms with van der Waals surface area (Å²) in [5, 5.41) is 0. The molecule has 1 atom stereocenters. The Kier molecular flexibility index (Phi) is 15.5. The second-order valence-corrected chi connectivity index (χ2v) is 8.42. The lowest BCUT2D eigenvalue weighted by molar-refractivity contribution is -0.146. The monoisotopic (exact) mass is 388 g/mol. The second-order valence-electron chi connectivity index (χ2n) is 8.42. The van der Waals surface area contributed by atoms with Crippen LogP contribution in [0.2, 0.25) is 0 Å². The Balaban J connectivity index is 4.88. The summed E-state index contributed by atoms with van der Waals surface area (Å²) in [6.07, 6.45) is 17.4. The van der Waals surface area contributed by atoms with Gasteiger partial charge in [0.2, 0.25) is 0 Å². The van der Waals surface area contributed by atoms with Crippen molar-refractivity contribution in [1.29, 1.82) is 0 Å². The van der Waals surface area contributed by atoms with Crippen LogP contribution in [0.15, 0.2) is 46.6 Å². The zero-order valence-corrected chi connectivity index (χ0v) is 19.6. The van der Waals surface area contributed by atoms with Crippen LogP contribution < -0.4 is 0 Å². The number of unbranched alkanes of at least 4 members (excludes halogenated alkanes) is 2. The molecule has 0 radical (unpaired) electrons. The number of rotatable bonds is 14. The Bertz CT molecular complexity index is 553. The van der Waals surface area contributed by atoms with Gasteiger partial charge in [0.25, 0.3) is 0 Å². The summed E-state index contributed by atoms with van der Waals surface area (Å²) < 4.78 is 5.80. The summed E-state index contributed by atoms with van der Waals surface area (Å²) in [5.41, 5.74) is 5.36. The Morgan fingerprint density at radius 3 is 1.89 bits per heavy atom. The van der Waals surface area contributed by atoms with E-state index in [0.29, 0.717) is 6.42 Å². The molecule has 160 valence electrons. The molecule has 0 heterocycles. The minimum absolute atomic E-state index is 0.0672. The van der Waals surface area contributed by atoms with E-state index in [4.69, 9.17) is 4.74 Å². The van der Waals surface area contributed by atoms with E-state index in [-0.39, 0.29) is 12.1 Å². The predicted molar refractivity (Wildman–Crippen MR) is 123 cm³/mol. The molecule has 0 aromatic heterocycles. The van der Waals surface area contributed by atoms with Gasteiger partial charge < -0.3 is 4.74 Å². The van der Waals surface area contributed by atoms with Crippen LogP contribution in [0.5, 0.6) is 0 Å². The molecule has 0 amide bonds. The van der Waals surface area contributed by atoms with Crippen molar-refractivity contribution in [2.45, 2.75) is 112 Å². The van der Waals surface area contributed by atoms with E-state index in [9.17, 15) is 4.79 Å². The van der Waals surface area contributed by atoms with E-state index in [2.05, 4.69) is 72.8 Å². The van der Waals surface area contributed by atoms with E-state index in [1.165, 1.54) is 22.3 Å². The molecule has 0 fully saturated rings. The molecule has 0 saturated carbocycles. The summed E-state index contributed by atoms with van der Waals surface area (Å²) in [7, 11) is 0. The van der Waals surface area contributed by atoms with Crippen LogP contribution in [-0.2, 0) is 9.53 Å². The molecule has 0 aliphatic carbocycles. The van der Waals surface area contributed by atoms with Crippen molar-refractivity contribution in [2.24, 2.45) is 0 Å². The van der Waals surface area contributed by atoms with E-state index in [1.54, 1.807) is 0 Å². The number of carbonyl (C=O) groups is 1. The van der Waals surface area contributed by atoms with Gasteiger partial charge in [-0.1, -0.05) is 60.3 Å². The van der Waals surface area contributed by atoms with Gasteiger partial charge >= 0.3 is 5.97 Å². The zero-order valence-electron chi connectivity index (χ0n) is 19.6. The van der Waals surface area contributed by atoms with Crippen molar-refractivity contribution in [3.63, 3.8) is 0 Å². The summed E-state index contributed by atoms with van der Waals surface area (Å²) in [6, 6.07) is 0. The average Bonchev–Trinajstić information content (AvgIpc) is 2.59. The minimum atomic E-state index is -0.153. The van der Waals surface area contributed by atoms with Gasteiger partial charge in [-0.15, -0.1) is 0 Å². The topological polar surface area (TPSA) is 26.3 Å². The van der Waals surface area contributed by atoms with E-state index >= 15 is 0 Å². The molecule has 0 saturated heterocycles. The summed E-state index contributed by atoms with van der Waals surface area (Å²) >= 11 is 0. The van der Waals surface area contributed by atoms with Crippen molar-refractivity contribution in [2.75, 3.05) is 0 Å². The van der Waals surface area contributed by atoms with Gasteiger partial charge in [-0.25, -0.2) is 0 Å². The number of esters is 1. The Morgan fingerprint density at radius 2 is 1.36 bits per heavy atom. The first-order chi connectivity index (χ1) is 13.2. The molecule has 0 spiro atoms. The molecule has 0 aromatic carbocycles. The van der Waals surface area contributed by atoms with Gasteiger partial charge in [-0.2, -0.15) is 0 Å². The van der Waals surface area contributed by atoms with E-state index in [0.717, 1.165) is 51.4 Å². The smallest absolute Gasteiger partial charge is 0.306 e. The first-order valence-electron chi connectivity index (χ1n) is 11.0. The van der Waals surface area contributed by atoms with Gasteiger partial charge in [0, 0.05) is 12.8 Å². The third kappa shape index (κ3) is 16.6. The highest BCUT2D eigenvalue weighted by molar-refractivity contribution is 5.69. The maximum absolute atomic E-state index is 12.2. The molecular formula is C26H44O2. The number of ether oxygens (including phenoxy) is 1. The van der Waals surface area contributed by atoms with E-state index in [1.807, 2.05) is 0 Å². The third-order valence-electron chi connectivity index (χ3n) is 4.62. The quantitative estimate of drug-likeness (QED) is 0.170. The first kappa shape index (κ1) is 26.4. The van der Waals surface area contributed by atoms with Crippen molar-refractivity contribution in [3.05, 3.63) is 46.6 Å². The zero-order chi connectivity index (χ0) is 21.4. The third-order valence-corrected chi connectivity index (χ3v) is 4.62. The minimum Gasteiger partial charge on any atom is -0.458 e. The van der Waals surface area contributed by atoms with Crippen LogP contribution >= 0.6 is 0 Å². The Labute approximate surface area is 174 Å². The number of hydrogen-bond donors (Lipinski definition) is 0. The van der Waals surface area contributed by atoms with Crippen molar-refractivity contribution < 1.29 is 9.53 Å². The SMILES string of the molecule is CCCCCC(=O)OC(/C=C(\C)CCC=C(C)C)C/C=C(\C)CCC=C(C)C. The largest absolute Gasteiger partial charge is 0.458 e. The maximum atomic E-state index is 12.2. The fourth-order valence-electron chi connectivity index (χ4n) is 2.89. The van der Waals surface area contributed by atoms with Crippen LogP contribution in [0.3, 0.4) is 0 Å². The van der Waals surface area contributed by atoms with E-state index < -0.39 is 0 Å². The fraction of sp³-hybridized carbons (Fsp3) is 0.654. The fourth-order valence-corrected chi connectivity index (χ4v) is 2.89. The molecule has 0 aliphatic heterocycles. The van der Waals surface area contributed by atoms with Gasteiger partial charge in [-0.05, 0) is 79.7 Å². The van der Waals surface area contributed by atoms with Crippen LogP contribution in [0.4, 0.5) is 0 Å². The molecule has 0 rings (SSSR count). The molecule has 0 aliphatic rings. The van der Waals surface area contributed by atoms with Gasteiger partial charge in [0.05, 0.1) is 0 Å². The highest BCUT2D eigenvalue weighted by atomic mass is 16.5. The highest BCUT2D eigenvalue weighted by Crippen LogP contribution is 2.15. The number of hydrogen-bond acceptors (Lipinski definition) is 2. The lowest BCUT2D eigenvalue weighted by atomic mass is 10.0. The predicted octanol–water partition coefficient (Wildman–Crippen LogP) is 8.25. The van der Waals surface area contributed by atoms with Crippen LogP contribution in [0, 0.1) is 0 Å². The normalized spacial score (nSPS) is 13.1. The summed E-state index contributed by atoms with van der Waals surface area (Å²) in [6.45, 7) is 15.0. The number of carbonyl (C=O) groups excluding carboxylic acids is 1. The number of allylic oxidation sites excluding steroid dienone is 6. The summed E-state index contributed by atoms with van der Waals surface area (Å²) in [5.74, 6) is -0.0672. The average molecular weight is 389 g/mol. The highest BCUT2D eigenvalue weighted by Gasteiger charge is 2.11. The molecule has 28 heavy (non-hydrogen) atoms. The molecule has 1 unspecified atom stereocenters. The molecule has 2 heteroatoms. The molecule has 0 aromatic rings. The van der Waals surface area contributed by atoms with Crippen molar-refractivity contribution >= 4 is 5.97 Å². The van der Waals surface area contributed by atoms with Crippen LogP contribution in [0.25, 0.3) is 0 Å². The van der Waals surface area contributed by atoms with Crippen LogP contribution in [-0.4, -0.2) is 12.1 Å². The van der Waals surface area contributed by atoms with Crippen molar-refractivity contribution in [3.8, 4) is 0 Å².